The highest BCUT2D eigenvalue weighted by molar-refractivity contribution is 5.98. The van der Waals surface area contributed by atoms with Crippen LogP contribution in [-0.4, -0.2) is 11.5 Å². The average Bonchev–Trinajstić information content (AvgIpc) is 2.96. The van der Waals surface area contributed by atoms with Crippen LogP contribution >= 0.6 is 0 Å². The molecule has 3 heteroatoms. The molecule has 20 heavy (non-hydrogen) atoms. The molecule has 3 N–H and O–H groups in total. The molecule has 0 saturated heterocycles. The van der Waals surface area contributed by atoms with Crippen molar-refractivity contribution in [1.82, 2.24) is 4.98 Å². The number of pyridine rings is 1. The van der Waals surface area contributed by atoms with E-state index < -0.39 is 0 Å². The Morgan fingerprint density at radius 2 is 2.05 bits per heavy atom. The van der Waals surface area contributed by atoms with Crippen LogP contribution in [0.4, 0.5) is 11.4 Å². The highest BCUT2D eigenvalue weighted by Crippen LogP contribution is 2.41. The molecule has 3 nitrogen and oxygen atoms in total. The van der Waals surface area contributed by atoms with Crippen LogP contribution in [0.15, 0.2) is 30.6 Å². The normalized spacial score (nSPS) is 17.4. The maximum Gasteiger partial charge on any atom is 0.0630 e. The molecule has 0 aliphatic heterocycles. The van der Waals surface area contributed by atoms with Gasteiger partial charge in [-0.3, -0.25) is 4.98 Å². The first-order valence-electron chi connectivity index (χ1n) is 7.60. The highest BCUT2D eigenvalue weighted by atomic mass is 14.9. The van der Waals surface area contributed by atoms with Crippen LogP contribution in [0.1, 0.15) is 39.0 Å². The zero-order chi connectivity index (χ0) is 14.0. The number of nitrogen functional groups attached to an aromatic ring is 1. The van der Waals surface area contributed by atoms with Gasteiger partial charge in [0.25, 0.3) is 0 Å². The minimum atomic E-state index is 0.472. The number of anilines is 2. The van der Waals surface area contributed by atoms with Crippen molar-refractivity contribution in [3.8, 4) is 0 Å². The lowest BCUT2D eigenvalue weighted by atomic mass is 9.83. The zero-order valence-corrected chi connectivity index (χ0v) is 12.2. The first kappa shape index (κ1) is 13.2. The Bertz CT molecular complexity index is 600. The summed E-state index contributed by atoms with van der Waals surface area (Å²) >= 11 is 0. The van der Waals surface area contributed by atoms with Crippen molar-refractivity contribution in [2.45, 2.75) is 39.0 Å². The van der Waals surface area contributed by atoms with E-state index >= 15 is 0 Å². The van der Waals surface area contributed by atoms with Crippen molar-refractivity contribution >= 4 is 22.1 Å². The van der Waals surface area contributed by atoms with Gasteiger partial charge >= 0.3 is 0 Å². The number of nitrogens with two attached hydrogens (primary N) is 1. The van der Waals surface area contributed by atoms with Crippen LogP contribution in [0.25, 0.3) is 10.8 Å². The van der Waals surface area contributed by atoms with Crippen molar-refractivity contribution in [3.63, 3.8) is 0 Å². The predicted molar refractivity (Wildman–Crippen MR) is 85.8 cm³/mol. The van der Waals surface area contributed by atoms with E-state index in [1.165, 1.54) is 32.1 Å². The summed E-state index contributed by atoms with van der Waals surface area (Å²) in [5.74, 6) is 0. The molecule has 1 heterocycles. The van der Waals surface area contributed by atoms with Gasteiger partial charge in [-0.25, -0.2) is 0 Å². The summed E-state index contributed by atoms with van der Waals surface area (Å²) in [7, 11) is 0. The van der Waals surface area contributed by atoms with Crippen LogP contribution < -0.4 is 11.1 Å². The van der Waals surface area contributed by atoms with E-state index in [1.54, 1.807) is 6.20 Å². The quantitative estimate of drug-likeness (QED) is 0.818. The summed E-state index contributed by atoms with van der Waals surface area (Å²) < 4.78 is 0. The van der Waals surface area contributed by atoms with Crippen LogP contribution in [0.2, 0.25) is 0 Å². The second kappa shape index (κ2) is 5.31. The molecule has 1 aliphatic rings. The van der Waals surface area contributed by atoms with Crippen LogP contribution in [0.3, 0.4) is 0 Å². The molecule has 2 aromatic rings. The molecule has 1 saturated carbocycles. The van der Waals surface area contributed by atoms with Crippen molar-refractivity contribution in [1.29, 1.82) is 0 Å². The SMILES string of the molecule is CCC1(CNc2ccc3cnccc3c2N)CCCC1. The fourth-order valence-corrected chi connectivity index (χ4v) is 3.41. The fraction of sp³-hybridized carbons (Fsp3) is 0.471. The number of aromatic nitrogens is 1. The van der Waals surface area contributed by atoms with E-state index in [0.717, 1.165) is 28.7 Å². The number of fused-ring (bicyclic) bond motifs is 1. The van der Waals surface area contributed by atoms with E-state index in [1.807, 2.05) is 12.3 Å². The van der Waals surface area contributed by atoms with E-state index in [2.05, 4.69) is 29.4 Å². The summed E-state index contributed by atoms with van der Waals surface area (Å²) in [6.45, 7) is 3.34. The van der Waals surface area contributed by atoms with Crippen LogP contribution in [-0.2, 0) is 0 Å². The molecule has 0 amide bonds. The number of hydrogen-bond donors (Lipinski definition) is 2. The van der Waals surface area contributed by atoms with E-state index in [4.69, 9.17) is 5.73 Å². The van der Waals surface area contributed by atoms with E-state index in [-0.39, 0.29) is 0 Å². The lowest BCUT2D eigenvalue weighted by Gasteiger charge is -2.28. The molecule has 0 unspecified atom stereocenters. The molecule has 0 radical (unpaired) electrons. The summed E-state index contributed by atoms with van der Waals surface area (Å²) in [4.78, 5) is 4.14. The van der Waals surface area contributed by atoms with Gasteiger partial charge in [-0.1, -0.05) is 25.8 Å². The Morgan fingerprint density at radius 1 is 1.25 bits per heavy atom. The largest absolute Gasteiger partial charge is 0.397 e. The topological polar surface area (TPSA) is 50.9 Å². The molecule has 106 valence electrons. The second-order valence-corrected chi connectivity index (χ2v) is 6.04. The van der Waals surface area contributed by atoms with Crippen molar-refractivity contribution < 1.29 is 0 Å². The molecular weight excluding hydrogens is 246 g/mol. The molecule has 3 rings (SSSR count). The number of nitrogens with zero attached hydrogens (tertiary/aromatic N) is 1. The maximum absolute atomic E-state index is 6.30. The van der Waals surface area contributed by atoms with Gasteiger partial charge in [0.2, 0.25) is 0 Å². The summed E-state index contributed by atoms with van der Waals surface area (Å²) in [6, 6.07) is 6.16. The van der Waals surface area contributed by atoms with Gasteiger partial charge in [-0.2, -0.15) is 0 Å². The molecule has 1 aliphatic carbocycles. The third-order valence-electron chi connectivity index (χ3n) is 4.93. The van der Waals surface area contributed by atoms with Gasteiger partial charge in [0.1, 0.15) is 0 Å². The predicted octanol–water partition coefficient (Wildman–Crippen LogP) is 4.20. The molecule has 1 aromatic carbocycles. The standard InChI is InChI=1S/C17H23N3/c1-2-17(8-3-4-9-17)12-20-15-6-5-13-11-19-10-7-14(13)16(15)18/h5-7,10-11,20H,2-4,8-9,12,18H2,1H3. The van der Waals surface area contributed by atoms with E-state index in [9.17, 15) is 0 Å². The van der Waals surface area contributed by atoms with Gasteiger partial charge < -0.3 is 11.1 Å². The Kier molecular flexibility index (Phi) is 3.51. The first-order valence-corrected chi connectivity index (χ1v) is 7.60. The number of hydrogen-bond acceptors (Lipinski definition) is 3. The maximum atomic E-state index is 6.30. The summed E-state index contributed by atoms with van der Waals surface area (Å²) in [5, 5.41) is 5.78. The molecule has 1 aromatic heterocycles. The first-order chi connectivity index (χ1) is 9.74. The fourth-order valence-electron chi connectivity index (χ4n) is 3.41. The Balaban J connectivity index is 1.82. The Hall–Kier alpha value is -1.77. The van der Waals surface area contributed by atoms with Gasteiger partial charge in [-0.05, 0) is 36.8 Å². The Labute approximate surface area is 120 Å². The molecule has 1 fully saturated rings. The Morgan fingerprint density at radius 3 is 2.80 bits per heavy atom. The van der Waals surface area contributed by atoms with Crippen molar-refractivity contribution in [3.05, 3.63) is 30.6 Å². The third kappa shape index (κ3) is 2.33. The van der Waals surface area contributed by atoms with Gasteiger partial charge in [0, 0.05) is 29.7 Å². The molecular formula is C17H23N3. The third-order valence-corrected chi connectivity index (χ3v) is 4.93. The minimum Gasteiger partial charge on any atom is -0.397 e. The van der Waals surface area contributed by atoms with Gasteiger partial charge in [0.15, 0.2) is 0 Å². The van der Waals surface area contributed by atoms with Gasteiger partial charge in [0.05, 0.1) is 11.4 Å². The average molecular weight is 269 g/mol. The van der Waals surface area contributed by atoms with Crippen LogP contribution in [0, 0.1) is 5.41 Å². The lowest BCUT2D eigenvalue weighted by molar-refractivity contribution is 0.307. The highest BCUT2D eigenvalue weighted by Gasteiger charge is 2.31. The summed E-state index contributed by atoms with van der Waals surface area (Å²) in [6.07, 6.45) is 10.3. The lowest BCUT2D eigenvalue weighted by Crippen LogP contribution is -2.26. The smallest absolute Gasteiger partial charge is 0.0630 e. The van der Waals surface area contributed by atoms with Crippen LogP contribution in [0.5, 0.6) is 0 Å². The van der Waals surface area contributed by atoms with Gasteiger partial charge in [-0.15, -0.1) is 0 Å². The summed E-state index contributed by atoms with van der Waals surface area (Å²) in [5.41, 5.74) is 8.67. The molecule has 0 bridgehead atoms. The molecule has 0 atom stereocenters. The number of nitrogens with one attached hydrogen (secondary N) is 1. The minimum absolute atomic E-state index is 0.472. The second-order valence-electron chi connectivity index (χ2n) is 6.04. The molecule has 0 spiro atoms. The van der Waals surface area contributed by atoms with Crippen molar-refractivity contribution in [2.24, 2.45) is 5.41 Å². The zero-order valence-electron chi connectivity index (χ0n) is 12.2. The van der Waals surface area contributed by atoms with E-state index in [0.29, 0.717) is 5.41 Å². The monoisotopic (exact) mass is 269 g/mol. The number of benzene rings is 1. The van der Waals surface area contributed by atoms with Crippen molar-refractivity contribution in [2.75, 3.05) is 17.6 Å². The number of rotatable bonds is 4.